The lowest BCUT2D eigenvalue weighted by Crippen LogP contribution is -2.30. The minimum absolute atomic E-state index is 0.452. The first kappa shape index (κ1) is 13.6. The molecule has 0 radical (unpaired) electrons. The Hall–Kier alpha value is -1.81. The zero-order valence-corrected chi connectivity index (χ0v) is 12.3. The van der Waals surface area contributed by atoms with Gasteiger partial charge in [-0.3, -0.25) is 0 Å². The third kappa shape index (κ3) is 2.79. The molecule has 1 aromatic carbocycles. The Kier molecular flexibility index (Phi) is 3.37. The Morgan fingerprint density at radius 3 is 2.16 bits per heavy atom. The van der Waals surface area contributed by atoms with Crippen LogP contribution in [0.25, 0.3) is 11.3 Å². The molecule has 0 aliphatic heterocycles. The second kappa shape index (κ2) is 4.70. The number of H-pyrrole nitrogens is 1. The third-order valence-corrected chi connectivity index (χ3v) is 3.15. The van der Waals surface area contributed by atoms with E-state index in [0.29, 0.717) is 0 Å². The van der Waals surface area contributed by atoms with Crippen LogP contribution in [0.5, 0.6) is 0 Å². The molecule has 0 fully saturated rings. The van der Waals surface area contributed by atoms with Crippen LogP contribution >= 0.6 is 0 Å². The second-order valence-electron chi connectivity index (χ2n) is 5.72. The molecule has 0 saturated carbocycles. The summed E-state index contributed by atoms with van der Waals surface area (Å²) < 4.78 is 0. The fourth-order valence-electron chi connectivity index (χ4n) is 1.96. The summed E-state index contributed by atoms with van der Waals surface area (Å²) in [5, 5.41) is 0. The number of nitrogens with one attached hydrogen (secondary N) is 1. The van der Waals surface area contributed by atoms with E-state index in [9.17, 15) is 0 Å². The molecule has 0 spiro atoms. The van der Waals surface area contributed by atoms with Crippen LogP contribution in [0, 0.1) is 6.92 Å². The zero-order valence-electron chi connectivity index (χ0n) is 12.3. The van der Waals surface area contributed by atoms with Crippen LogP contribution in [0.15, 0.2) is 24.3 Å². The average molecular weight is 258 g/mol. The number of hydrogen-bond acceptors (Lipinski definition) is 3. The van der Waals surface area contributed by atoms with E-state index in [1.165, 1.54) is 5.69 Å². The molecule has 3 N–H and O–H groups in total. The lowest BCUT2D eigenvalue weighted by Gasteiger charge is -2.14. The fraction of sp³-hybridized carbons (Fsp3) is 0.400. The van der Waals surface area contributed by atoms with Crippen molar-refractivity contribution in [2.45, 2.75) is 26.3 Å². The minimum Gasteiger partial charge on any atom is -0.378 e. The first-order chi connectivity index (χ1) is 8.79. The van der Waals surface area contributed by atoms with Crippen molar-refractivity contribution in [2.75, 3.05) is 19.0 Å². The minimum atomic E-state index is -0.452. The molecule has 2 aromatic rings. The first-order valence-electron chi connectivity index (χ1n) is 6.43. The number of nitrogens with two attached hydrogens (primary N) is 1. The molecule has 4 nitrogen and oxygen atoms in total. The van der Waals surface area contributed by atoms with Crippen molar-refractivity contribution in [1.29, 1.82) is 0 Å². The van der Waals surface area contributed by atoms with E-state index in [2.05, 4.69) is 39.1 Å². The molecule has 0 aliphatic carbocycles. The molecule has 0 atom stereocenters. The van der Waals surface area contributed by atoms with E-state index >= 15 is 0 Å². The largest absolute Gasteiger partial charge is 0.378 e. The van der Waals surface area contributed by atoms with Crippen LogP contribution in [-0.2, 0) is 5.54 Å². The summed E-state index contributed by atoms with van der Waals surface area (Å²) in [4.78, 5) is 9.98. The summed E-state index contributed by atoms with van der Waals surface area (Å²) in [6.07, 6.45) is 0. The molecule has 0 saturated heterocycles. The highest BCUT2D eigenvalue weighted by molar-refractivity contribution is 5.65. The van der Waals surface area contributed by atoms with E-state index < -0.39 is 5.54 Å². The van der Waals surface area contributed by atoms with E-state index in [1.807, 2.05) is 34.9 Å². The molecule has 0 amide bonds. The van der Waals surface area contributed by atoms with Crippen LogP contribution in [0.2, 0.25) is 0 Å². The Morgan fingerprint density at radius 1 is 1.16 bits per heavy atom. The molecular weight excluding hydrogens is 236 g/mol. The van der Waals surface area contributed by atoms with Crippen LogP contribution in [0.1, 0.15) is 25.4 Å². The lowest BCUT2D eigenvalue weighted by molar-refractivity contribution is 0.520. The van der Waals surface area contributed by atoms with Gasteiger partial charge in [-0.1, -0.05) is 12.1 Å². The molecular formula is C15H22N4. The van der Waals surface area contributed by atoms with Gasteiger partial charge in [0.2, 0.25) is 0 Å². The number of anilines is 1. The maximum atomic E-state index is 6.08. The van der Waals surface area contributed by atoms with Gasteiger partial charge in [-0.15, -0.1) is 0 Å². The summed E-state index contributed by atoms with van der Waals surface area (Å²) in [6.45, 7) is 5.92. The third-order valence-electron chi connectivity index (χ3n) is 3.15. The Bertz CT molecular complexity index is 559. The number of aromatic nitrogens is 2. The number of benzene rings is 1. The smallest absolute Gasteiger partial charge is 0.126 e. The van der Waals surface area contributed by atoms with Crippen molar-refractivity contribution in [3.05, 3.63) is 35.8 Å². The Morgan fingerprint density at radius 2 is 1.74 bits per heavy atom. The monoisotopic (exact) mass is 258 g/mol. The standard InChI is InChI=1S/C15H22N4/c1-10-13(18-14(17-10)15(2,3)16)11-6-8-12(9-7-11)19(4)5/h6-9H,16H2,1-5H3,(H,17,18). The molecule has 0 bridgehead atoms. The van der Waals surface area contributed by atoms with Gasteiger partial charge < -0.3 is 15.6 Å². The maximum Gasteiger partial charge on any atom is 0.126 e. The fourth-order valence-corrected chi connectivity index (χ4v) is 1.96. The number of rotatable bonds is 3. The molecule has 102 valence electrons. The van der Waals surface area contributed by atoms with Gasteiger partial charge in [0.25, 0.3) is 0 Å². The first-order valence-corrected chi connectivity index (χ1v) is 6.43. The molecule has 0 aliphatic rings. The Balaban J connectivity index is 2.39. The molecule has 1 aromatic heterocycles. The number of aryl methyl sites for hydroxylation is 1. The van der Waals surface area contributed by atoms with Crippen LogP contribution < -0.4 is 10.6 Å². The van der Waals surface area contributed by atoms with Crippen molar-refractivity contribution < 1.29 is 0 Å². The van der Waals surface area contributed by atoms with E-state index in [-0.39, 0.29) is 0 Å². The molecule has 0 unspecified atom stereocenters. The van der Waals surface area contributed by atoms with Gasteiger partial charge in [0.05, 0.1) is 11.2 Å². The number of aromatic amines is 1. The van der Waals surface area contributed by atoms with Crippen LogP contribution in [-0.4, -0.2) is 24.1 Å². The zero-order chi connectivity index (χ0) is 14.2. The quantitative estimate of drug-likeness (QED) is 0.889. The Labute approximate surface area is 114 Å². The van der Waals surface area contributed by atoms with Crippen molar-refractivity contribution >= 4 is 5.69 Å². The van der Waals surface area contributed by atoms with Gasteiger partial charge in [-0.25, -0.2) is 4.98 Å². The summed E-state index contributed by atoms with van der Waals surface area (Å²) in [5.74, 6) is 0.816. The van der Waals surface area contributed by atoms with Gasteiger partial charge in [0.15, 0.2) is 0 Å². The van der Waals surface area contributed by atoms with Crippen molar-refractivity contribution in [3.63, 3.8) is 0 Å². The van der Waals surface area contributed by atoms with Gasteiger partial charge in [0.1, 0.15) is 5.82 Å². The number of nitrogens with zero attached hydrogens (tertiary/aromatic N) is 2. The van der Waals surface area contributed by atoms with Gasteiger partial charge in [0, 0.05) is 31.0 Å². The van der Waals surface area contributed by atoms with Gasteiger partial charge in [-0.2, -0.15) is 0 Å². The normalized spacial score (nSPS) is 11.7. The maximum absolute atomic E-state index is 6.08. The SMILES string of the molecule is Cc1[nH]c(C(C)(C)N)nc1-c1ccc(N(C)C)cc1. The second-order valence-corrected chi connectivity index (χ2v) is 5.72. The summed E-state index contributed by atoms with van der Waals surface area (Å²) in [5.41, 5.74) is 9.93. The van der Waals surface area contributed by atoms with Crippen molar-refractivity contribution in [3.8, 4) is 11.3 Å². The van der Waals surface area contributed by atoms with E-state index in [1.54, 1.807) is 0 Å². The van der Waals surface area contributed by atoms with Gasteiger partial charge in [-0.05, 0) is 32.9 Å². The lowest BCUT2D eigenvalue weighted by atomic mass is 10.1. The van der Waals surface area contributed by atoms with Crippen molar-refractivity contribution in [1.82, 2.24) is 9.97 Å². The molecule has 4 heteroatoms. The molecule has 1 heterocycles. The summed E-state index contributed by atoms with van der Waals surface area (Å²) in [7, 11) is 4.06. The highest BCUT2D eigenvalue weighted by atomic mass is 15.1. The highest BCUT2D eigenvalue weighted by Gasteiger charge is 2.20. The van der Waals surface area contributed by atoms with E-state index in [0.717, 1.165) is 22.8 Å². The summed E-state index contributed by atoms with van der Waals surface area (Å²) >= 11 is 0. The molecule has 19 heavy (non-hydrogen) atoms. The van der Waals surface area contributed by atoms with Crippen LogP contribution in [0.4, 0.5) is 5.69 Å². The predicted molar refractivity (Wildman–Crippen MR) is 80.3 cm³/mol. The number of hydrogen-bond donors (Lipinski definition) is 2. The highest BCUT2D eigenvalue weighted by Crippen LogP contribution is 2.26. The number of imidazole rings is 1. The van der Waals surface area contributed by atoms with Gasteiger partial charge >= 0.3 is 0 Å². The predicted octanol–water partition coefficient (Wildman–Crippen LogP) is 2.64. The van der Waals surface area contributed by atoms with E-state index in [4.69, 9.17) is 5.73 Å². The topological polar surface area (TPSA) is 57.9 Å². The molecule has 2 rings (SSSR count). The van der Waals surface area contributed by atoms with Crippen molar-refractivity contribution in [2.24, 2.45) is 5.73 Å². The van der Waals surface area contributed by atoms with Crippen LogP contribution in [0.3, 0.4) is 0 Å². The summed E-state index contributed by atoms with van der Waals surface area (Å²) in [6, 6.07) is 8.37. The average Bonchev–Trinajstić information content (AvgIpc) is 2.71.